The Balaban J connectivity index is 1.45. The molecule has 3 fully saturated rings. The molecular weight excluding hydrogens is 391 g/mol. The van der Waals surface area contributed by atoms with Crippen LogP contribution in [0.4, 0.5) is 4.39 Å². The second kappa shape index (κ2) is 7.05. The normalized spacial score (nSPS) is 34.3. The summed E-state index contributed by atoms with van der Waals surface area (Å²) in [5, 5.41) is 3.29. The SMILES string of the molecule is CC1(C)C2CCC1(C)C(NC(=O)C1CCCN(S(=O)(=O)c3ccc(F)cc3)C1)C2. The van der Waals surface area contributed by atoms with Gasteiger partial charge in [0.2, 0.25) is 15.9 Å². The Labute approximate surface area is 173 Å². The predicted molar refractivity (Wildman–Crippen MR) is 109 cm³/mol. The van der Waals surface area contributed by atoms with E-state index in [0.29, 0.717) is 25.3 Å². The summed E-state index contributed by atoms with van der Waals surface area (Å²) in [4.78, 5) is 13.1. The minimum atomic E-state index is -3.72. The Kier molecular flexibility index (Phi) is 5.05. The van der Waals surface area contributed by atoms with Gasteiger partial charge in [0.05, 0.1) is 10.8 Å². The molecule has 4 rings (SSSR count). The van der Waals surface area contributed by atoms with Gasteiger partial charge < -0.3 is 5.32 Å². The van der Waals surface area contributed by atoms with Gasteiger partial charge in [-0.3, -0.25) is 4.79 Å². The summed E-state index contributed by atoms with van der Waals surface area (Å²) in [6.45, 7) is 7.49. The zero-order valence-corrected chi connectivity index (χ0v) is 18.3. The van der Waals surface area contributed by atoms with Gasteiger partial charge in [-0.2, -0.15) is 4.31 Å². The number of nitrogens with one attached hydrogen (secondary N) is 1. The Morgan fingerprint density at radius 2 is 1.86 bits per heavy atom. The first-order valence-electron chi connectivity index (χ1n) is 10.6. The van der Waals surface area contributed by atoms with Crippen LogP contribution in [-0.4, -0.2) is 37.8 Å². The van der Waals surface area contributed by atoms with Gasteiger partial charge in [0.1, 0.15) is 5.82 Å². The monoisotopic (exact) mass is 422 g/mol. The lowest BCUT2D eigenvalue weighted by molar-refractivity contribution is -0.127. The first-order valence-corrected chi connectivity index (χ1v) is 12.1. The zero-order valence-electron chi connectivity index (χ0n) is 17.4. The molecule has 0 radical (unpaired) electrons. The predicted octanol–water partition coefficient (Wildman–Crippen LogP) is 3.56. The van der Waals surface area contributed by atoms with Crippen LogP contribution < -0.4 is 5.32 Å². The Morgan fingerprint density at radius 3 is 2.45 bits per heavy atom. The maximum atomic E-state index is 13.2. The summed E-state index contributed by atoms with van der Waals surface area (Å²) >= 11 is 0. The van der Waals surface area contributed by atoms with E-state index in [9.17, 15) is 17.6 Å². The van der Waals surface area contributed by atoms with E-state index in [1.54, 1.807) is 0 Å². The minimum absolute atomic E-state index is 0.0291. The molecule has 1 aromatic carbocycles. The van der Waals surface area contributed by atoms with Crippen molar-refractivity contribution in [2.24, 2.45) is 22.7 Å². The number of fused-ring (bicyclic) bond motifs is 2. The molecule has 1 saturated heterocycles. The molecule has 1 aliphatic heterocycles. The average Bonchev–Trinajstić information content (AvgIpc) is 3.02. The lowest BCUT2D eigenvalue weighted by Crippen LogP contribution is -2.51. The van der Waals surface area contributed by atoms with E-state index in [-0.39, 0.29) is 40.1 Å². The molecule has 7 heteroatoms. The first-order chi connectivity index (χ1) is 13.6. The highest BCUT2D eigenvalue weighted by Gasteiger charge is 2.61. The number of halogens is 1. The fraction of sp³-hybridized carbons (Fsp3) is 0.682. The number of sulfonamides is 1. The van der Waals surface area contributed by atoms with Crippen molar-refractivity contribution in [1.29, 1.82) is 0 Å². The van der Waals surface area contributed by atoms with Gasteiger partial charge in [-0.1, -0.05) is 20.8 Å². The summed E-state index contributed by atoms with van der Waals surface area (Å²) in [6.07, 6.45) is 4.71. The second-order valence-corrected chi connectivity index (χ2v) is 11.8. The van der Waals surface area contributed by atoms with Gasteiger partial charge in [0, 0.05) is 19.1 Å². The Hall–Kier alpha value is -1.47. The van der Waals surface area contributed by atoms with E-state index in [2.05, 4.69) is 26.1 Å². The fourth-order valence-corrected chi connectivity index (χ4v) is 7.37. The standard InChI is InChI=1S/C22H31FN2O3S/c1-21(2)16-10-11-22(21,3)19(13-16)24-20(26)15-5-4-12-25(14-15)29(27,28)18-8-6-17(23)7-9-18/h6-9,15-16,19H,4-5,10-14H2,1-3H3,(H,24,26). The third-order valence-corrected chi connectivity index (χ3v) is 10.2. The number of hydrogen-bond acceptors (Lipinski definition) is 3. The first kappa shape index (κ1) is 20.8. The molecule has 1 heterocycles. The molecule has 1 N–H and O–H groups in total. The van der Waals surface area contributed by atoms with E-state index < -0.39 is 15.8 Å². The highest BCUT2D eigenvalue weighted by molar-refractivity contribution is 7.89. The number of carbonyl (C=O) groups excluding carboxylic acids is 1. The maximum Gasteiger partial charge on any atom is 0.243 e. The molecule has 5 nitrogen and oxygen atoms in total. The van der Waals surface area contributed by atoms with Gasteiger partial charge in [0.25, 0.3) is 0 Å². The Morgan fingerprint density at radius 1 is 1.17 bits per heavy atom. The summed E-state index contributed by atoms with van der Waals surface area (Å²) in [5.74, 6) is -0.204. The quantitative estimate of drug-likeness (QED) is 0.807. The average molecular weight is 423 g/mol. The number of amides is 1. The van der Waals surface area contributed by atoms with Crippen LogP contribution in [0.2, 0.25) is 0 Å². The molecular formula is C22H31FN2O3S. The fourth-order valence-electron chi connectivity index (χ4n) is 5.84. The van der Waals surface area contributed by atoms with Crippen LogP contribution in [0.5, 0.6) is 0 Å². The van der Waals surface area contributed by atoms with Crippen LogP contribution in [-0.2, 0) is 14.8 Å². The van der Waals surface area contributed by atoms with Crippen molar-refractivity contribution in [2.75, 3.05) is 13.1 Å². The largest absolute Gasteiger partial charge is 0.353 e. The van der Waals surface area contributed by atoms with Crippen LogP contribution in [0.25, 0.3) is 0 Å². The summed E-state index contributed by atoms with van der Waals surface area (Å²) in [6, 6.07) is 5.03. The van der Waals surface area contributed by atoms with Crippen molar-refractivity contribution in [3.8, 4) is 0 Å². The molecule has 29 heavy (non-hydrogen) atoms. The smallest absolute Gasteiger partial charge is 0.243 e. The molecule has 1 amide bonds. The molecule has 0 spiro atoms. The molecule has 2 aliphatic carbocycles. The second-order valence-electron chi connectivity index (χ2n) is 9.83. The van der Waals surface area contributed by atoms with Crippen molar-refractivity contribution < 1.29 is 17.6 Å². The highest BCUT2D eigenvalue weighted by atomic mass is 32.2. The maximum absolute atomic E-state index is 13.2. The number of piperidine rings is 1. The molecule has 0 aromatic heterocycles. The summed E-state index contributed by atoms with van der Waals surface area (Å²) < 4.78 is 40.4. The third kappa shape index (κ3) is 3.30. The molecule has 3 aliphatic rings. The van der Waals surface area contributed by atoms with Crippen LogP contribution >= 0.6 is 0 Å². The molecule has 160 valence electrons. The molecule has 4 unspecified atom stereocenters. The van der Waals surface area contributed by atoms with Crippen molar-refractivity contribution in [2.45, 2.75) is 63.8 Å². The molecule has 4 atom stereocenters. The van der Waals surface area contributed by atoms with Gasteiger partial charge in [0.15, 0.2) is 0 Å². The summed E-state index contributed by atoms with van der Waals surface area (Å²) in [5.41, 5.74) is 0.317. The number of hydrogen-bond donors (Lipinski definition) is 1. The van der Waals surface area contributed by atoms with Crippen molar-refractivity contribution in [1.82, 2.24) is 9.62 Å². The minimum Gasteiger partial charge on any atom is -0.353 e. The van der Waals surface area contributed by atoms with Gasteiger partial charge >= 0.3 is 0 Å². The van der Waals surface area contributed by atoms with Crippen LogP contribution in [0.3, 0.4) is 0 Å². The molecule has 2 bridgehead atoms. The van der Waals surface area contributed by atoms with E-state index >= 15 is 0 Å². The number of nitrogens with zero attached hydrogens (tertiary/aromatic N) is 1. The van der Waals surface area contributed by atoms with E-state index in [0.717, 1.165) is 25.0 Å². The molecule has 2 saturated carbocycles. The highest BCUT2D eigenvalue weighted by Crippen LogP contribution is 2.65. The van der Waals surface area contributed by atoms with Crippen molar-refractivity contribution in [3.63, 3.8) is 0 Å². The van der Waals surface area contributed by atoms with Crippen LogP contribution in [0.1, 0.15) is 52.9 Å². The van der Waals surface area contributed by atoms with E-state index in [1.807, 2.05) is 0 Å². The molecule has 1 aromatic rings. The van der Waals surface area contributed by atoms with E-state index in [1.165, 1.54) is 22.9 Å². The lowest BCUT2D eigenvalue weighted by atomic mass is 9.69. The zero-order chi connectivity index (χ0) is 21.0. The van der Waals surface area contributed by atoms with E-state index in [4.69, 9.17) is 0 Å². The number of carbonyl (C=O) groups is 1. The van der Waals surface area contributed by atoms with Crippen LogP contribution in [0.15, 0.2) is 29.2 Å². The Bertz CT molecular complexity index is 899. The number of rotatable bonds is 4. The van der Waals surface area contributed by atoms with Gasteiger partial charge in [-0.15, -0.1) is 0 Å². The lowest BCUT2D eigenvalue weighted by Gasteiger charge is -2.40. The number of benzene rings is 1. The van der Waals surface area contributed by atoms with Crippen molar-refractivity contribution >= 4 is 15.9 Å². The van der Waals surface area contributed by atoms with Crippen LogP contribution in [0, 0.1) is 28.5 Å². The van der Waals surface area contributed by atoms with Gasteiger partial charge in [-0.05, 0) is 73.1 Å². The topological polar surface area (TPSA) is 66.5 Å². The van der Waals surface area contributed by atoms with Crippen molar-refractivity contribution in [3.05, 3.63) is 30.1 Å². The third-order valence-electron chi connectivity index (χ3n) is 8.32. The summed E-state index contributed by atoms with van der Waals surface area (Å²) in [7, 11) is -3.72. The van der Waals surface area contributed by atoms with Gasteiger partial charge in [-0.25, -0.2) is 12.8 Å².